The van der Waals surface area contributed by atoms with Crippen molar-refractivity contribution in [3.63, 3.8) is 0 Å². The summed E-state index contributed by atoms with van der Waals surface area (Å²) < 4.78 is 5.66. The summed E-state index contributed by atoms with van der Waals surface area (Å²) in [4.78, 5) is 25.9. The lowest BCUT2D eigenvalue weighted by atomic mass is 9.74. The minimum absolute atomic E-state index is 0.0676. The van der Waals surface area contributed by atoms with E-state index in [0.29, 0.717) is 0 Å². The van der Waals surface area contributed by atoms with Gasteiger partial charge in [-0.25, -0.2) is 0 Å². The van der Waals surface area contributed by atoms with Gasteiger partial charge < -0.3 is 30.3 Å². The fourth-order valence-corrected chi connectivity index (χ4v) is 4.67. The highest BCUT2D eigenvalue weighted by Gasteiger charge is 2.45. The molecule has 0 spiro atoms. The normalized spacial score (nSPS) is 46.0. The van der Waals surface area contributed by atoms with Gasteiger partial charge in [0.05, 0.1) is 30.3 Å². The number of carbonyl (C=O) groups is 2. The average Bonchev–Trinajstić information content (AvgIpc) is 2.71. The van der Waals surface area contributed by atoms with Crippen molar-refractivity contribution in [1.29, 1.82) is 0 Å². The van der Waals surface area contributed by atoms with Crippen molar-refractivity contribution in [3.05, 3.63) is 0 Å². The summed E-state index contributed by atoms with van der Waals surface area (Å²) in [5.74, 6) is -5.79. The van der Waals surface area contributed by atoms with E-state index in [1.165, 1.54) is 20.8 Å². The zero-order valence-corrected chi connectivity index (χ0v) is 20.0. The summed E-state index contributed by atoms with van der Waals surface area (Å²) >= 11 is 0. The van der Waals surface area contributed by atoms with Gasteiger partial charge in [-0.15, -0.1) is 0 Å². The Balaban J connectivity index is 3.46. The Labute approximate surface area is 185 Å². The lowest BCUT2D eigenvalue weighted by molar-refractivity contribution is -0.174. The number of ether oxygens (including phenoxy) is 1. The molecular weight excluding hydrogens is 404 g/mol. The molecule has 0 saturated carbocycles. The molecule has 182 valence electrons. The molecule has 0 aliphatic carbocycles. The number of aliphatic hydroxyl groups is 5. The molecule has 0 radical (unpaired) electrons. The van der Waals surface area contributed by atoms with Gasteiger partial charge in [-0.2, -0.15) is 0 Å². The van der Waals surface area contributed by atoms with Gasteiger partial charge in [0.2, 0.25) is 0 Å². The number of hydrogen-bond donors (Lipinski definition) is 5. The standard InChI is InChI=1S/C23H42O8/c1-10-9-23(8,30)21(28)14(5)19(27)13(4)20(11(2)16(7)24)31-22(29)15(6)18(26)12(3)17(10)25/h10-20,24-27,30H,9H2,1-8H3/t10?,11-,12+,13+,14+,15+,16-,17-,18-,19-,20+,23-/m0/s1. The number of aliphatic hydroxyl groups excluding tert-OH is 4. The van der Waals surface area contributed by atoms with Gasteiger partial charge in [0.1, 0.15) is 11.7 Å². The van der Waals surface area contributed by atoms with Crippen LogP contribution in [0, 0.1) is 35.5 Å². The van der Waals surface area contributed by atoms with Crippen molar-refractivity contribution < 1.29 is 39.9 Å². The largest absolute Gasteiger partial charge is 0.461 e. The quantitative estimate of drug-likeness (QED) is 0.394. The van der Waals surface area contributed by atoms with Crippen LogP contribution in [0.4, 0.5) is 0 Å². The number of hydrogen-bond acceptors (Lipinski definition) is 8. The van der Waals surface area contributed by atoms with Gasteiger partial charge >= 0.3 is 5.97 Å². The number of esters is 1. The molecule has 0 aromatic carbocycles. The van der Waals surface area contributed by atoms with Gasteiger partial charge in [-0.1, -0.05) is 34.6 Å². The summed E-state index contributed by atoms with van der Waals surface area (Å²) in [6, 6.07) is 0. The predicted octanol–water partition coefficient (Wildman–Crippen LogP) is 0.902. The molecule has 1 fully saturated rings. The molecule has 5 N–H and O–H groups in total. The van der Waals surface area contributed by atoms with E-state index in [-0.39, 0.29) is 6.42 Å². The van der Waals surface area contributed by atoms with Crippen LogP contribution in [0.25, 0.3) is 0 Å². The number of ketones is 1. The molecule has 0 aromatic heterocycles. The highest BCUT2D eigenvalue weighted by Crippen LogP contribution is 2.34. The maximum absolute atomic E-state index is 13.0. The van der Waals surface area contributed by atoms with Gasteiger partial charge in [0.15, 0.2) is 5.78 Å². The smallest absolute Gasteiger partial charge is 0.311 e. The Bertz CT molecular complexity index is 619. The Morgan fingerprint density at radius 3 is 1.87 bits per heavy atom. The van der Waals surface area contributed by atoms with Crippen molar-refractivity contribution in [2.24, 2.45) is 35.5 Å². The zero-order valence-electron chi connectivity index (χ0n) is 20.0. The highest BCUT2D eigenvalue weighted by molar-refractivity contribution is 5.89. The molecule has 1 heterocycles. The second kappa shape index (κ2) is 10.7. The van der Waals surface area contributed by atoms with Crippen LogP contribution in [-0.2, 0) is 14.3 Å². The summed E-state index contributed by atoms with van der Waals surface area (Å²) in [6.45, 7) is 12.5. The predicted molar refractivity (Wildman–Crippen MR) is 115 cm³/mol. The van der Waals surface area contributed by atoms with Crippen LogP contribution in [0.3, 0.4) is 0 Å². The lowest BCUT2D eigenvalue weighted by Gasteiger charge is -2.39. The summed E-state index contributed by atoms with van der Waals surface area (Å²) in [5.41, 5.74) is -1.80. The first kappa shape index (κ1) is 28.0. The molecule has 1 aliphatic heterocycles. The van der Waals surface area contributed by atoms with Gasteiger partial charge in [0.25, 0.3) is 0 Å². The van der Waals surface area contributed by atoms with E-state index in [9.17, 15) is 35.1 Å². The van der Waals surface area contributed by atoms with Crippen LogP contribution < -0.4 is 0 Å². The van der Waals surface area contributed by atoms with Crippen LogP contribution in [0.15, 0.2) is 0 Å². The Morgan fingerprint density at radius 2 is 1.39 bits per heavy atom. The minimum atomic E-state index is -1.80. The molecular formula is C23H42O8. The van der Waals surface area contributed by atoms with Gasteiger partial charge in [-0.3, -0.25) is 9.59 Å². The first-order chi connectivity index (χ1) is 14.0. The van der Waals surface area contributed by atoms with E-state index >= 15 is 0 Å². The fraction of sp³-hybridized carbons (Fsp3) is 0.913. The molecule has 12 atom stereocenters. The minimum Gasteiger partial charge on any atom is -0.461 e. The zero-order chi connectivity index (χ0) is 24.4. The highest BCUT2D eigenvalue weighted by atomic mass is 16.5. The summed E-state index contributed by atoms with van der Waals surface area (Å²) in [5, 5.41) is 53.3. The van der Waals surface area contributed by atoms with Crippen LogP contribution in [0.2, 0.25) is 0 Å². The molecule has 8 heteroatoms. The Morgan fingerprint density at radius 1 is 0.903 bits per heavy atom. The second-order valence-electron chi connectivity index (χ2n) is 10.1. The molecule has 0 aromatic rings. The third kappa shape index (κ3) is 6.26. The van der Waals surface area contributed by atoms with Gasteiger partial charge in [-0.05, 0) is 33.1 Å². The summed E-state index contributed by atoms with van der Waals surface area (Å²) in [6.07, 6.45) is -5.42. The fourth-order valence-electron chi connectivity index (χ4n) is 4.67. The summed E-state index contributed by atoms with van der Waals surface area (Å²) in [7, 11) is 0. The monoisotopic (exact) mass is 446 g/mol. The van der Waals surface area contributed by atoms with E-state index in [1.807, 2.05) is 0 Å². The Kier molecular flexibility index (Phi) is 9.66. The Hall–Kier alpha value is -1.06. The molecule has 8 nitrogen and oxygen atoms in total. The molecule has 0 bridgehead atoms. The topological polar surface area (TPSA) is 145 Å². The lowest BCUT2D eigenvalue weighted by Crippen LogP contribution is -2.51. The van der Waals surface area contributed by atoms with Crippen molar-refractivity contribution in [3.8, 4) is 0 Å². The third-order valence-corrected chi connectivity index (χ3v) is 7.31. The molecule has 1 unspecified atom stereocenters. The van der Waals surface area contributed by atoms with E-state index in [0.717, 1.165) is 0 Å². The maximum Gasteiger partial charge on any atom is 0.311 e. The molecule has 31 heavy (non-hydrogen) atoms. The van der Waals surface area contributed by atoms with Gasteiger partial charge in [0, 0.05) is 23.7 Å². The number of cyclic esters (lactones) is 1. The van der Waals surface area contributed by atoms with E-state index in [1.54, 1.807) is 34.6 Å². The van der Waals surface area contributed by atoms with E-state index < -0.39 is 83.4 Å². The van der Waals surface area contributed by atoms with Crippen LogP contribution in [0.1, 0.15) is 61.8 Å². The van der Waals surface area contributed by atoms with Crippen LogP contribution in [0.5, 0.6) is 0 Å². The molecule has 1 saturated heterocycles. The average molecular weight is 447 g/mol. The SMILES string of the molecule is CC1C[C@](C)(O)C(=O)[C@H](C)[C@@H](O)[C@@H](C)[C@@H]([C@@H](C)[C@H](C)O)OC(=O)[C@H](C)[C@@H](O)[C@H](C)[C@H]1O. The molecule has 1 rings (SSSR count). The van der Waals surface area contributed by atoms with Crippen LogP contribution >= 0.6 is 0 Å². The first-order valence-corrected chi connectivity index (χ1v) is 11.2. The van der Waals surface area contributed by atoms with Crippen molar-refractivity contribution in [2.75, 3.05) is 0 Å². The van der Waals surface area contributed by atoms with Crippen molar-refractivity contribution in [1.82, 2.24) is 0 Å². The molecule has 1 aliphatic rings. The van der Waals surface area contributed by atoms with Crippen molar-refractivity contribution >= 4 is 11.8 Å². The second-order valence-corrected chi connectivity index (χ2v) is 10.1. The van der Waals surface area contributed by atoms with Crippen molar-refractivity contribution in [2.45, 2.75) is 97.9 Å². The molecule has 0 amide bonds. The van der Waals surface area contributed by atoms with E-state index in [2.05, 4.69) is 0 Å². The first-order valence-electron chi connectivity index (χ1n) is 11.2. The van der Waals surface area contributed by atoms with E-state index in [4.69, 9.17) is 4.74 Å². The van der Waals surface area contributed by atoms with Crippen LogP contribution in [-0.4, -0.2) is 73.4 Å². The number of rotatable bonds is 2. The number of carbonyl (C=O) groups excluding carboxylic acids is 2. The third-order valence-electron chi connectivity index (χ3n) is 7.31. The number of Topliss-reactive ketones (excluding diaryl/α,β-unsaturated/α-hetero) is 1. The maximum atomic E-state index is 13.0.